The zero-order valence-electron chi connectivity index (χ0n) is 10.4. The molecular formula is C13H16N2O3. The van der Waals surface area contributed by atoms with Gasteiger partial charge in [-0.25, -0.2) is 0 Å². The predicted molar refractivity (Wildman–Crippen MR) is 67.0 cm³/mol. The molecule has 2 aliphatic heterocycles. The minimum Gasteiger partial charge on any atom is -0.454 e. The normalized spacial score (nSPS) is 18.4. The molecule has 0 aliphatic carbocycles. The van der Waals surface area contributed by atoms with Crippen molar-refractivity contribution in [3.8, 4) is 11.5 Å². The summed E-state index contributed by atoms with van der Waals surface area (Å²) in [6, 6.07) is 5.81. The van der Waals surface area contributed by atoms with Crippen LogP contribution in [0, 0.1) is 0 Å². The first kappa shape index (κ1) is 11.2. The Bertz CT molecular complexity index is 475. The number of likely N-dealkylation sites (N-methyl/N-ethyl adjacent to an activating group) is 1. The van der Waals surface area contributed by atoms with Crippen molar-refractivity contribution < 1.29 is 14.3 Å². The van der Waals surface area contributed by atoms with Gasteiger partial charge in [-0.3, -0.25) is 4.79 Å². The number of ether oxygens (including phenoxy) is 2. The molecule has 3 rings (SSSR count). The van der Waals surface area contributed by atoms with Crippen molar-refractivity contribution >= 4 is 11.6 Å². The van der Waals surface area contributed by atoms with Gasteiger partial charge in [-0.05, 0) is 19.1 Å². The molecule has 5 nitrogen and oxygen atoms in total. The van der Waals surface area contributed by atoms with Crippen LogP contribution in [-0.4, -0.2) is 43.8 Å². The Morgan fingerprint density at radius 1 is 1.22 bits per heavy atom. The molecule has 2 heterocycles. The molecule has 18 heavy (non-hydrogen) atoms. The van der Waals surface area contributed by atoms with E-state index < -0.39 is 0 Å². The lowest BCUT2D eigenvalue weighted by Gasteiger charge is -2.35. The van der Waals surface area contributed by atoms with Gasteiger partial charge in [0.1, 0.15) is 0 Å². The monoisotopic (exact) mass is 248 g/mol. The van der Waals surface area contributed by atoms with Gasteiger partial charge in [0.05, 0.1) is 6.54 Å². The van der Waals surface area contributed by atoms with Crippen LogP contribution in [0.4, 0.5) is 5.69 Å². The molecule has 0 bridgehead atoms. The van der Waals surface area contributed by atoms with E-state index in [9.17, 15) is 4.79 Å². The van der Waals surface area contributed by atoms with E-state index in [1.54, 1.807) is 0 Å². The molecule has 0 saturated carbocycles. The summed E-state index contributed by atoms with van der Waals surface area (Å²) in [7, 11) is 0. The van der Waals surface area contributed by atoms with E-state index >= 15 is 0 Å². The predicted octanol–water partition coefficient (Wildman–Crippen LogP) is 1.08. The van der Waals surface area contributed by atoms with Crippen LogP contribution in [-0.2, 0) is 4.79 Å². The van der Waals surface area contributed by atoms with Gasteiger partial charge in [0.25, 0.3) is 0 Å². The number of hydrogen-bond acceptors (Lipinski definition) is 4. The summed E-state index contributed by atoms with van der Waals surface area (Å²) in [5.74, 6) is 1.72. The molecule has 96 valence electrons. The Kier molecular flexibility index (Phi) is 2.74. The number of rotatable bonds is 2. The van der Waals surface area contributed by atoms with Crippen molar-refractivity contribution in [1.29, 1.82) is 0 Å². The Balaban J connectivity index is 1.78. The number of amides is 1. The molecule has 0 atom stereocenters. The highest BCUT2D eigenvalue weighted by Gasteiger charge is 2.24. The highest BCUT2D eigenvalue weighted by atomic mass is 16.7. The van der Waals surface area contributed by atoms with Gasteiger partial charge >= 0.3 is 0 Å². The van der Waals surface area contributed by atoms with Crippen molar-refractivity contribution in [2.45, 2.75) is 6.92 Å². The van der Waals surface area contributed by atoms with Gasteiger partial charge in [-0.2, -0.15) is 0 Å². The van der Waals surface area contributed by atoms with E-state index in [1.165, 1.54) is 0 Å². The van der Waals surface area contributed by atoms with Crippen molar-refractivity contribution in [2.75, 3.05) is 37.9 Å². The third kappa shape index (κ3) is 1.85. The number of hydrogen-bond donors (Lipinski definition) is 0. The second-order valence-electron chi connectivity index (χ2n) is 4.43. The summed E-state index contributed by atoms with van der Waals surface area (Å²) in [5.41, 5.74) is 1.02. The average Bonchev–Trinajstić information content (AvgIpc) is 2.85. The molecular weight excluding hydrogens is 232 g/mol. The molecule has 1 fully saturated rings. The van der Waals surface area contributed by atoms with Crippen LogP contribution >= 0.6 is 0 Å². The van der Waals surface area contributed by atoms with E-state index in [-0.39, 0.29) is 12.7 Å². The number of benzene rings is 1. The molecule has 0 unspecified atom stereocenters. The number of anilines is 1. The maximum atomic E-state index is 11.9. The molecule has 0 radical (unpaired) electrons. The molecule has 1 saturated heterocycles. The van der Waals surface area contributed by atoms with Crippen LogP contribution in [0.25, 0.3) is 0 Å². The quantitative estimate of drug-likeness (QED) is 0.785. The third-order valence-corrected chi connectivity index (χ3v) is 3.42. The maximum absolute atomic E-state index is 11.9. The van der Waals surface area contributed by atoms with Crippen LogP contribution < -0.4 is 14.4 Å². The van der Waals surface area contributed by atoms with Gasteiger partial charge in [0.15, 0.2) is 11.5 Å². The average molecular weight is 248 g/mol. The highest BCUT2D eigenvalue weighted by Crippen LogP contribution is 2.35. The molecule has 1 aromatic carbocycles. The fourth-order valence-electron chi connectivity index (χ4n) is 2.35. The second-order valence-corrected chi connectivity index (χ2v) is 4.43. The number of carbonyl (C=O) groups is 1. The highest BCUT2D eigenvalue weighted by molar-refractivity contribution is 5.83. The van der Waals surface area contributed by atoms with Gasteiger partial charge in [-0.15, -0.1) is 0 Å². The molecule has 0 aromatic heterocycles. The minimum atomic E-state index is 0.182. The van der Waals surface area contributed by atoms with Crippen molar-refractivity contribution in [1.82, 2.24) is 4.90 Å². The fourth-order valence-corrected chi connectivity index (χ4v) is 2.35. The van der Waals surface area contributed by atoms with Crippen molar-refractivity contribution in [3.05, 3.63) is 18.2 Å². The lowest BCUT2D eigenvalue weighted by molar-refractivity contribution is -0.130. The fraction of sp³-hybridized carbons (Fsp3) is 0.462. The van der Waals surface area contributed by atoms with Gasteiger partial charge in [0.2, 0.25) is 12.7 Å². The third-order valence-electron chi connectivity index (χ3n) is 3.42. The molecule has 5 heteroatoms. The largest absolute Gasteiger partial charge is 0.454 e. The molecule has 1 aromatic rings. The van der Waals surface area contributed by atoms with Crippen LogP contribution in [0.3, 0.4) is 0 Å². The van der Waals surface area contributed by atoms with Crippen molar-refractivity contribution in [2.24, 2.45) is 0 Å². The lowest BCUT2D eigenvalue weighted by atomic mass is 10.2. The van der Waals surface area contributed by atoms with Crippen LogP contribution in [0.2, 0.25) is 0 Å². The lowest BCUT2D eigenvalue weighted by Crippen LogP contribution is -2.50. The summed E-state index contributed by atoms with van der Waals surface area (Å²) in [6.07, 6.45) is 0. The first-order chi connectivity index (χ1) is 8.78. The molecule has 0 N–H and O–H groups in total. The number of carbonyl (C=O) groups excluding carboxylic acids is 1. The SMILES string of the molecule is CCN1CCN(c2ccc3c(c2)OCO3)CC1=O. The first-order valence-electron chi connectivity index (χ1n) is 6.20. The summed E-state index contributed by atoms with van der Waals surface area (Å²) in [6.45, 7) is 5.15. The molecule has 1 amide bonds. The number of fused-ring (bicyclic) bond motifs is 1. The minimum absolute atomic E-state index is 0.182. The number of piperazine rings is 1. The zero-order chi connectivity index (χ0) is 12.5. The summed E-state index contributed by atoms with van der Waals surface area (Å²) in [5, 5.41) is 0. The Hall–Kier alpha value is -1.91. The molecule has 2 aliphatic rings. The van der Waals surface area contributed by atoms with Crippen LogP contribution in [0.1, 0.15) is 6.92 Å². The van der Waals surface area contributed by atoms with Gasteiger partial charge in [0, 0.05) is 31.4 Å². The Morgan fingerprint density at radius 2 is 2.06 bits per heavy atom. The van der Waals surface area contributed by atoms with Crippen LogP contribution in [0.15, 0.2) is 18.2 Å². The van der Waals surface area contributed by atoms with Crippen LogP contribution in [0.5, 0.6) is 11.5 Å². The maximum Gasteiger partial charge on any atom is 0.242 e. The zero-order valence-corrected chi connectivity index (χ0v) is 10.4. The Labute approximate surface area is 106 Å². The van der Waals surface area contributed by atoms with E-state index in [1.807, 2.05) is 30.0 Å². The van der Waals surface area contributed by atoms with Gasteiger partial charge < -0.3 is 19.3 Å². The smallest absolute Gasteiger partial charge is 0.242 e. The van der Waals surface area contributed by atoms with E-state index in [0.29, 0.717) is 6.54 Å². The Morgan fingerprint density at radius 3 is 2.83 bits per heavy atom. The van der Waals surface area contributed by atoms with E-state index in [2.05, 4.69) is 4.90 Å². The standard InChI is InChI=1S/C13H16N2O3/c1-2-14-5-6-15(8-13(14)16)10-3-4-11-12(7-10)18-9-17-11/h3-4,7H,2,5-6,8-9H2,1H3. The van der Waals surface area contributed by atoms with Gasteiger partial charge in [-0.1, -0.05) is 0 Å². The first-order valence-corrected chi connectivity index (χ1v) is 6.20. The summed E-state index contributed by atoms with van der Waals surface area (Å²) >= 11 is 0. The number of nitrogens with zero attached hydrogens (tertiary/aromatic N) is 2. The van der Waals surface area contributed by atoms with Crippen molar-refractivity contribution in [3.63, 3.8) is 0 Å². The second kappa shape index (κ2) is 4.40. The topological polar surface area (TPSA) is 42.0 Å². The van der Waals surface area contributed by atoms with E-state index in [4.69, 9.17) is 9.47 Å². The summed E-state index contributed by atoms with van der Waals surface area (Å²) < 4.78 is 10.6. The summed E-state index contributed by atoms with van der Waals surface area (Å²) in [4.78, 5) is 15.8. The molecule has 0 spiro atoms. The van der Waals surface area contributed by atoms with E-state index in [0.717, 1.165) is 36.8 Å².